The third-order valence-electron chi connectivity index (χ3n) is 5.24. The normalized spacial score (nSPS) is 17.0. The van der Waals surface area contributed by atoms with Crippen molar-refractivity contribution in [2.45, 2.75) is 38.6 Å². The Bertz CT molecular complexity index is 788. The molecular weight excluding hydrogens is 354 g/mol. The topological polar surface area (TPSA) is 48.0 Å². The molecule has 1 aliphatic heterocycles. The third kappa shape index (κ3) is 4.77. The first-order valence-electron chi connectivity index (χ1n) is 9.83. The van der Waals surface area contributed by atoms with Crippen LogP contribution in [0.25, 0.3) is 0 Å². The van der Waals surface area contributed by atoms with Gasteiger partial charge < -0.3 is 19.1 Å². The summed E-state index contributed by atoms with van der Waals surface area (Å²) in [6.07, 6.45) is 4.24. The van der Waals surface area contributed by atoms with Crippen molar-refractivity contribution >= 4 is 5.91 Å². The maximum Gasteiger partial charge on any atom is 0.261 e. The van der Waals surface area contributed by atoms with E-state index in [4.69, 9.17) is 14.2 Å². The van der Waals surface area contributed by atoms with Gasteiger partial charge in [-0.3, -0.25) is 4.79 Å². The van der Waals surface area contributed by atoms with Gasteiger partial charge in [0, 0.05) is 6.54 Å². The Morgan fingerprint density at radius 2 is 1.79 bits per heavy atom. The predicted octanol–water partition coefficient (Wildman–Crippen LogP) is 4.53. The smallest absolute Gasteiger partial charge is 0.261 e. The molecule has 2 aromatic rings. The molecule has 1 fully saturated rings. The number of carbonyl (C=O) groups excluding carboxylic acids is 1. The second-order valence-corrected chi connectivity index (χ2v) is 7.17. The largest absolute Gasteiger partial charge is 0.497 e. The number of rotatable bonds is 6. The lowest BCUT2D eigenvalue weighted by molar-refractivity contribution is -0.135. The number of aryl methyl sites for hydroxylation is 1. The fourth-order valence-corrected chi connectivity index (χ4v) is 3.70. The molecule has 5 nitrogen and oxygen atoms in total. The van der Waals surface area contributed by atoms with E-state index >= 15 is 0 Å². The van der Waals surface area contributed by atoms with E-state index in [0.717, 1.165) is 49.1 Å². The van der Waals surface area contributed by atoms with Crippen LogP contribution in [0.4, 0.5) is 0 Å². The number of likely N-dealkylation sites (tertiary alicyclic amines) is 1. The van der Waals surface area contributed by atoms with Gasteiger partial charge in [-0.05, 0) is 55.2 Å². The fraction of sp³-hybridized carbons (Fsp3) is 0.435. The number of methoxy groups -OCH3 is 2. The molecule has 28 heavy (non-hydrogen) atoms. The number of benzene rings is 2. The lowest BCUT2D eigenvalue weighted by Gasteiger charge is -2.30. The Balaban J connectivity index is 1.73. The van der Waals surface area contributed by atoms with Crippen LogP contribution in [0.5, 0.6) is 17.2 Å². The van der Waals surface area contributed by atoms with Crippen molar-refractivity contribution in [1.82, 2.24) is 4.90 Å². The lowest BCUT2D eigenvalue weighted by atomic mass is 10.0. The number of carbonyl (C=O) groups is 1. The lowest BCUT2D eigenvalue weighted by Crippen LogP contribution is -2.38. The summed E-state index contributed by atoms with van der Waals surface area (Å²) in [6.45, 7) is 2.75. The van der Waals surface area contributed by atoms with Crippen molar-refractivity contribution in [3.05, 3.63) is 53.6 Å². The van der Waals surface area contributed by atoms with Crippen molar-refractivity contribution in [2.24, 2.45) is 0 Å². The summed E-state index contributed by atoms with van der Waals surface area (Å²) >= 11 is 0. The van der Waals surface area contributed by atoms with Crippen LogP contribution in [-0.4, -0.2) is 38.2 Å². The summed E-state index contributed by atoms with van der Waals surface area (Å²) in [6, 6.07) is 13.8. The molecule has 1 aliphatic rings. The predicted molar refractivity (Wildman–Crippen MR) is 109 cm³/mol. The van der Waals surface area contributed by atoms with E-state index in [9.17, 15) is 4.79 Å². The standard InChI is InChI=1S/C23H29NO4/c1-17-8-13-21(22(15-17)27-3)28-16-23(25)24-14-6-4-5-7-20(24)18-9-11-19(26-2)12-10-18/h8-13,15,20H,4-7,14,16H2,1-3H3. The molecule has 2 aromatic carbocycles. The Labute approximate surface area is 167 Å². The Hall–Kier alpha value is -2.69. The Kier molecular flexibility index (Phi) is 6.80. The van der Waals surface area contributed by atoms with Crippen molar-refractivity contribution in [1.29, 1.82) is 0 Å². The molecule has 0 aromatic heterocycles. The number of hydrogen-bond donors (Lipinski definition) is 0. The maximum atomic E-state index is 13.0. The zero-order chi connectivity index (χ0) is 19.9. The second kappa shape index (κ2) is 9.49. The van der Waals surface area contributed by atoms with E-state index in [-0.39, 0.29) is 18.6 Å². The van der Waals surface area contributed by atoms with E-state index in [1.54, 1.807) is 14.2 Å². The molecule has 1 amide bonds. The van der Waals surface area contributed by atoms with Crippen LogP contribution in [0.2, 0.25) is 0 Å². The van der Waals surface area contributed by atoms with Crippen LogP contribution in [-0.2, 0) is 4.79 Å². The number of nitrogens with zero attached hydrogens (tertiary/aromatic N) is 1. The van der Waals surface area contributed by atoms with Crippen LogP contribution in [0.15, 0.2) is 42.5 Å². The molecular formula is C23H29NO4. The summed E-state index contributed by atoms with van der Waals surface area (Å²) in [4.78, 5) is 15.0. The van der Waals surface area contributed by atoms with E-state index in [2.05, 4.69) is 12.1 Å². The SMILES string of the molecule is COc1ccc(C2CCCCCN2C(=O)COc2ccc(C)cc2OC)cc1. The molecule has 0 N–H and O–H groups in total. The van der Waals surface area contributed by atoms with Crippen molar-refractivity contribution in [3.8, 4) is 17.2 Å². The number of amides is 1. The first-order chi connectivity index (χ1) is 13.6. The van der Waals surface area contributed by atoms with E-state index in [1.165, 1.54) is 0 Å². The summed E-state index contributed by atoms with van der Waals surface area (Å²) < 4.78 is 16.5. The molecule has 0 radical (unpaired) electrons. The molecule has 1 atom stereocenters. The van der Waals surface area contributed by atoms with Crippen LogP contribution in [0.1, 0.15) is 42.9 Å². The molecule has 1 saturated heterocycles. The zero-order valence-corrected chi connectivity index (χ0v) is 16.9. The van der Waals surface area contributed by atoms with Gasteiger partial charge in [0.15, 0.2) is 18.1 Å². The van der Waals surface area contributed by atoms with E-state index in [1.807, 2.05) is 42.2 Å². The minimum Gasteiger partial charge on any atom is -0.497 e. The summed E-state index contributed by atoms with van der Waals surface area (Å²) in [5.41, 5.74) is 2.23. The second-order valence-electron chi connectivity index (χ2n) is 7.17. The quantitative estimate of drug-likeness (QED) is 0.735. The monoisotopic (exact) mass is 383 g/mol. The highest BCUT2D eigenvalue weighted by molar-refractivity contribution is 5.78. The van der Waals surface area contributed by atoms with E-state index in [0.29, 0.717) is 11.5 Å². The van der Waals surface area contributed by atoms with Gasteiger partial charge in [-0.2, -0.15) is 0 Å². The van der Waals surface area contributed by atoms with Crippen molar-refractivity contribution < 1.29 is 19.0 Å². The number of ether oxygens (including phenoxy) is 3. The molecule has 150 valence electrons. The molecule has 0 spiro atoms. The molecule has 3 rings (SSSR count). The highest BCUT2D eigenvalue weighted by Crippen LogP contribution is 2.32. The minimum absolute atomic E-state index is 0.00495. The average Bonchev–Trinajstić information content (AvgIpc) is 2.98. The van der Waals surface area contributed by atoms with Gasteiger partial charge in [0.05, 0.1) is 20.3 Å². The fourth-order valence-electron chi connectivity index (χ4n) is 3.70. The molecule has 1 unspecified atom stereocenters. The average molecular weight is 383 g/mol. The highest BCUT2D eigenvalue weighted by atomic mass is 16.5. The van der Waals surface area contributed by atoms with Gasteiger partial charge in [-0.1, -0.05) is 31.0 Å². The summed E-state index contributed by atoms with van der Waals surface area (Å²) in [5.74, 6) is 2.07. The molecule has 1 heterocycles. The van der Waals surface area contributed by atoms with Crippen molar-refractivity contribution in [2.75, 3.05) is 27.4 Å². The van der Waals surface area contributed by atoms with Gasteiger partial charge in [0.1, 0.15) is 5.75 Å². The molecule has 0 bridgehead atoms. The van der Waals surface area contributed by atoms with Crippen molar-refractivity contribution in [3.63, 3.8) is 0 Å². The first kappa shape index (κ1) is 20.1. The van der Waals surface area contributed by atoms with Gasteiger partial charge in [-0.15, -0.1) is 0 Å². The highest BCUT2D eigenvalue weighted by Gasteiger charge is 2.27. The van der Waals surface area contributed by atoms with Crippen LogP contribution in [0, 0.1) is 6.92 Å². The summed E-state index contributed by atoms with van der Waals surface area (Å²) in [7, 11) is 3.27. The first-order valence-corrected chi connectivity index (χ1v) is 9.83. The molecule has 5 heteroatoms. The maximum absolute atomic E-state index is 13.0. The van der Waals surface area contributed by atoms with Crippen LogP contribution < -0.4 is 14.2 Å². The van der Waals surface area contributed by atoms with Gasteiger partial charge in [0.2, 0.25) is 0 Å². The van der Waals surface area contributed by atoms with Crippen LogP contribution >= 0.6 is 0 Å². The van der Waals surface area contributed by atoms with Gasteiger partial charge in [-0.25, -0.2) is 0 Å². The van der Waals surface area contributed by atoms with Crippen LogP contribution in [0.3, 0.4) is 0 Å². The van der Waals surface area contributed by atoms with Gasteiger partial charge in [0.25, 0.3) is 5.91 Å². The Morgan fingerprint density at radius 1 is 1.00 bits per heavy atom. The third-order valence-corrected chi connectivity index (χ3v) is 5.24. The zero-order valence-electron chi connectivity index (χ0n) is 16.9. The molecule has 0 aliphatic carbocycles. The molecule has 0 saturated carbocycles. The summed E-state index contributed by atoms with van der Waals surface area (Å²) in [5, 5.41) is 0. The number of hydrogen-bond acceptors (Lipinski definition) is 4. The minimum atomic E-state index is 0.00495. The Morgan fingerprint density at radius 3 is 2.50 bits per heavy atom. The van der Waals surface area contributed by atoms with E-state index < -0.39 is 0 Å². The van der Waals surface area contributed by atoms with Gasteiger partial charge >= 0.3 is 0 Å².